The number of para-hydroxylation sites is 1. The summed E-state index contributed by atoms with van der Waals surface area (Å²) in [6.07, 6.45) is 1.51. The highest BCUT2D eigenvalue weighted by atomic mass is 16.5. The van der Waals surface area contributed by atoms with Crippen molar-refractivity contribution in [3.63, 3.8) is 0 Å². The van der Waals surface area contributed by atoms with Crippen molar-refractivity contribution in [3.8, 4) is 5.69 Å². The maximum atomic E-state index is 12.4. The summed E-state index contributed by atoms with van der Waals surface area (Å²) in [6.45, 7) is 2.82. The minimum Gasteiger partial charge on any atom is -0.480 e. The minimum absolute atomic E-state index is 0.0178. The van der Waals surface area contributed by atoms with Gasteiger partial charge in [-0.2, -0.15) is 0 Å². The lowest BCUT2D eigenvalue weighted by Gasteiger charge is -2.28. The van der Waals surface area contributed by atoms with E-state index in [2.05, 4.69) is 15.6 Å². The molecule has 0 bridgehead atoms. The first-order valence-corrected chi connectivity index (χ1v) is 8.62. The van der Waals surface area contributed by atoms with Gasteiger partial charge in [-0.05, 0) is 31.9 Å². The van der Waals surface area contributed by atoms with Crippen LogP contribution in [0.4, 0.5) is 0 Å². The SMILES string of the molecule is Cc1c(CC(=O)NC(C(=O)O)C2CCCOC2)nnn1-c1ccccc1. The number of nitrogens with zero attached hydrogens (tertiary/aromatic N) is 3. The van der Waals surface area contributed by atoms with Crippen molar-refractivity contribution in [2.45, 2.75) is 32.2 Å². The Hall–Kier alpha value is -2.74. The molecule has 1 amide bonds. The summed E-state index contributed by atoms with van der Waals surface area (Å²) >= 11 is 0. The van der Waals surface area contributed by atoms with Crippen LogP contribution in [0.1, 0.15) is 24.2 Å². The van der Waals surface area contributed by atoms with Gasteiger partial charge in [-0.1, -0.05) is 23.4 Å². The summed E-state index contributed by atoms with van der Waals surface area (Å²) in [5.41, 5.74) is 2.13. The Morgan fingerprint density at radius 3 is 2.81 bits per heavy atom. The van der Waals surface area contributed by atoms with Gasteiger partial charge in [-0.25, -0.2) is 9.48 Å². The number of nitrogens with one attached hydrogen (secondary N) is 1. The van der Waals surface area contributed by atoms with E-state index in [1.54, 1.807) is 4.68 Å². The molecule has 1 saturated heterocycles. The summed E-state index contributed by atoms with van der Waals surface area (Å²) in [7, 11) is 0. The molecule has 1 aromatic heterocycles. The molecule has 1 aromatic carbocycles. The largest absolute Gasteiger partial charge is 0.480 e. The lowest BCUT2D eigenvalue weighted by molar-refractivity contribution is -0.145. The summed E-state index contributed by atoms with van der Waals surface area (Å²) in [4.78, 5) is 23.9. The second kappa shape index (κ2) is 8.09. The van der Waals surface area contributed by atoms with Gasteiger partial charge in [0.15, 0.2) is 0 Å². The van der Waals surface area contributed by atoms with Crippen LogP contribution in [-0.4, -0.2) is 51.2 Å². The van der Waals surface area contributed by atoms with Gasteiger partial charge in [0.1, 0.15) is 6.04 Å². The molecule has 138 valence electrons. The maximum Gasteiger partial charge on any atom is 0.326 e. The first-order valence-electron chi connectivity index (χ1n) is 8.62. The molecule has 2 unspecified atom stereocenters. The predicted molar refractivity (Wildman–Crippen MR) is 92.9 cm³/mol. The van der Waals surface area contributed by atoms with Crippen molar-refractivity contribution in [1.82, 2.24) is 20.3 Å². The molecule has 2 N–H and O–H groups in total. The molecule has 1 aliphatic rings. The molecule has 1 aliphatic heterocycles. The molecular formula is C18H22N4O4. The van der Waals surface area contributed by atoms with Crippen molar-refractivity contribution in [1.29, 1.82) is 0 Å². The van der Waals surface area contributed by atoms with Crippen LogP contribution in [0.3, 0.4) is 0 Å². The fraction of sp³-hybridized carbons (Fsp3) is 0.444. The summed E-state index contributed by atoms with van der Waals surface area (Å²) in [6, 6.07) is 8.54. The third kappa shape index (κ3) is 4.08. The first kappa shape index (κ1) is 18.1. The van der Waals surface area contributed by atoms with Crippen molar-refractivity contribution < 1.29 is 19.4 Å². The third-order valence-electron chi connectivity index (χ3n) is 4.57. The van der Waals surface area contributed by atoms with E-state index in [1.807, 2.05) is 37.3 Å². The fourth-order valence-corrected chi connectivity index (χ4v) is 3.12. The smallest absolute Gasteiger partial charge is 0.326 e. The highest BCUT2D eigenvalue weighted by Gasteiger charge is 2.31. The average molecular weight is 358 g/mol. The second-order valence-electron chi connectivity index (χ2n) is 6.41. The lowest BCUT2D eigenvalue weighted by atomic mass is 9.93. The minimum atomic E-state index is -1.04. The van der Waals surface area contributed by atoms with Crippen LogP contribution in [0, 0.1) is 12.8 Å². The average Bonchev–Trinajstić information content (AvgIpc) is 3.01. The predicted octanol–water partition coefficient (Wildman–Crippen LogP) is 1.11. The van der Waals surface area contributed by atoms with Gasteiger partial charge in [0.2, 0.25) is 5.91 Å². The molecule has 1 fully saturated rings. The summed E-state index contributed by atoms with van der Waals surface area (Å²) in [5, 5.41) is 20.2. The van der Waals surface area contributed by atoms with E-state index < -0.39 is 12.0 Å². The van der Waals surface area contributed by atoms with Crippen LogP contribution in [0.15, 0.2) is 30.3 Å². The Bertz CT molecular complexity index is 769. The summed E-state index contributed by atoms with van der Waals surface area (Å²) in [5.74, 6) is -1.64. The Kier molecular flexibility index (Phi) is 5.62. The Morgan fingerprint density at radius 1 is 1.38 bits per heavy atom. The van der Waals surface area contributed by atoms with Gasteiger partial charge >= 0.3 is 5.97 Å². The van der Waals surface area contributed by atoms with Gasteiger partial charge in [-0.15, -0.1) is 5.10 Å². The molecule has 8 nitrogen and oxygen atoms in total. The summed E-state index contributed by atoms with van der Waals surface area (Å²) < 4.78 is 7.00. The van der Waals surface area contributed by atoms with Crippen molar-refractivity contribution in [2.24, 2.45) is 5.92 Å². The van der Waals surface area contributed by atoms with E-state index in [1.165, 1.54) is 0 Å². The van der Waals surface area contributed by atoms with E-state index in [9.17, 15) is 14.7 Å². The number of rotatable bonds is 6. The number of hydrogen-bond acceptors (Lipinski definition) is 5. The Balaban J connectivity index is 1.67. The first-order chi connectivity index (χ1) is 12.6. The molecule has 2 atom stereocenters. The molecule has 0 aliphatic carbocycles. The van der Waals surface area contributed by atoms with Gasteiger partial charge < -0.3 is 15.2 Å². The zero-order valence-corrected chi connectivity index (χ0v) is 14.6. The van der Waals surface area contributed by atoms with Gasteiger partial charge in [-0.3, -0.25) is 4.79 Å². The van der Waals surface area contributed by atoms with E-state index in [4.69, 9.17) is 4.74 Å². The number of carboxylic acid groups (broad SMARTS) is 1. The normalized spacial score (nSPS) is 18.3. The van der Waals surface area contributed by atoms with Crippen molar-refractivity contribution in [3.05, 3.63) is 41.7 Å². The maximum absolute atomic E-state index is 12.4. The molecule has 3 rings (SSSR count). The number of aromatic nitrogens is 3. The Labute approximate surface area is 151 Å². The number of carbonyl (C=O) groups excluding carboxylic acids is 1. The number of amides is 1. The van der Waals surface area contributed by atoms with E-state index in [-0.39, 0.29) is 18.2 Å². The third-order valence-corrected chi connectivity index (χ3v) is 4.57. The molecule has 0 spiro atoms. The van der Waals surface area contributed by atoms with Crippen molar-refractivity contribution >= 4 is 11.9 Å². The molecule has 2 aromatic rings. The number of carboxylic acids is 1. The lowest BCUT2D eigenvalue weighted by Crippen LogP contribution is -2.48. The van der Waals surface area contributed by atoms with Crippen molar-refractivity contribution in [2.75, 3.05) is 13.2 Å². The zero-order chi connectivity index (χ0) is 18.5. The van der Waals surface area contributed by atoms with Crippen LogP contribution in [0.5, 0.6) is 0 Å². The number of benzene rings is 1. The molecule has 0 saturated carbocycles. The monoisotopic (exact) mass is 358 g/mol. The van der Waals surface area contributed by atoms with Crippen LogP contribution in [-0.2, 0) is 20.7 Å². The van der Waals surface area contributed by atoms with Crippen LogP contribution < -0.4 is 5.32 Å². The van der Waals surface area contributed by atoms with Gasteiger partial charge in [0.05, 0.1) is 30.1 Å². The van der Waals surface area contributed by atoms with E-state index in [0.717, 1.165) is 24.2 Å². The fourth-order valence-electron chi connectivity index (χ4n) is 3.12. The van der Waals surface area contributed by atoms with Crippen LogP contribution in [0.25, 0.3) is 5.69 Å². The topological polar surface area (TPSA) is 106 Å². The standard InChI is InChI=1S/C18H22N4O4/c1-12-15(20-21-22(12)14-7-3-2-4-8-14)10-16(23)19-17(18(24)25)13-6-5-9-26-11-13/h2-4,7-8,13,17H,5-6,9-11H2,1H3,(H,19,23)(H,24,25). The highest BCUT2D eigenvalue weighted by Crippen LogP contribution is 2.18. The van der Waals surface area contributed by atoms with Gasteiger partial charge in [0.25, 0.3) is 0 Å². The zero-order valence-electron chi connectivity index (χ0n) is 14.6. The molecule has 0 radical (unpaired) electrons. The number of hydrogen-bond donors (Lipinski definition) is 2. The highest BCUT2D eigenvalue weighted by molar-refractivity contribution is 5.85. The van der Waals surface area contributed by atoms with E-state index >= 15 is 0 Å². The second-order valence-corrected chi connectivity index (χ2v) is 6.41. The molecule has 8 heteroatoms. The van der Waals surface area contributed by atoms with Crippen LogP contribution >= 0.6 is 0 Å². The quantitative estimate of drug-likeness (QED) is 0.801. The molecule has 2 heterocycles. The van der Waals surface area contributed by atoms with Crippen LogP contribution in [0.2, 0.25) is 0 Å². The number of carbonyl (C=O) groups is 2. The number of aliphatic carboxylic acids is 1. The van der Waals surface area contributed by atoms with Gasteiger partial charge in [0, 0.05) is 12.5 Å². The molecular weight excluding hydrogens is 336 g/mol. The molecule has 26 heavy (non-hydrogen) atoms. The Morgan fingerprint density at radius 2 is 2.15 bits per heavy atom. The number of ether oxygens (including phenoxy) is 1. The van der Waals surface area contributed by atoms with E-state index in [0.29, 0.717) is 18.9 Å².